The molecule has 1 aromatic heterocycles. The number of para-hydroxylation sites is 1. The van der Waals surface area contributed by atoms with E-state index in [-0.39, 0.29) is 17.4 Å². The number of non-ortho nitro benzene ring substituents is 1. The fourth-order valence-electron chi connectivity index (χ4n) is 5.25. The average Bonchev–Trinajstić information content (AvgIpc) is 3.29. The van der Waals surface area contributed by atoms with Gasteiger partial charge in [0.05, 0.1) is 10.8 Å². The van der Waals surface area contributed by atoms with Gasteiger partial charge in [-0.25, -0.2) is 0 Å². The number of nitro groups is 1. The molecule has 2 aromatic carbocycles. The number of hydrogen-bond acceptors (Lipinski definition) is 6. The number of benzene rings is 2. The molecule has 160 valence electrons. The second-order valence-electron chi connectivity index (χ2n) is 8.19. The molecule has 1 spiro atoms. The number of nitro benzene ring substituents is 1. The Morgan fingerprint density at radius 1 is 1.19 bits per heavy atom. The molecule has 2 aliphatic rings. The molecule has 1 fully saturated rings. The second-order valence-corrected chi connectivity index (χ2v) is 8.19. The SMILES string of the molecule is CN1C[C@H](c2cccc([N+](=O)[O-])c2)[C@H](C(=O)c2cccnc2)[C@]12C(=O)Nc1ccccc12. The standard InChI is InChI=1S/C24H20N4O4/c1-27-14-18(15-6-4-8-17(12-15)28(31)32)21(22(29)16-7-5-11-25-13-16)24(27)19-9-2-3-10-20(19)26-23(24)30/h2-13,18,21H,14H2,1H3,(H,26,30)/t18-,21-,24-/m1/s1. The van der Waals surface area contributed by atoms with Crippen LogP contribution in [-0.4, -0.2) is 40.1 Å². The fourth-order valence-corrected chi connectivity index (χ4v) is 5.25. The maximum absolute atomic E-state index is 13.9. The number of ketones is 1. The number of likely N-dealkylation sites (tertiary alicyclic amines) is 1. The largest absolute Gasteiger partial charge is 0.324 e. The van der Waals surface area contributed by atoms with Gasteiger partial charge < -0.3 is 5.32 Å². The van der Waals surface area contributed by atoms with Gasteiger partial charge >= 0.3 is 0 Å². The normalized spacial score (nSPS) is 24.3. The van der Waals surface area contributed by atoms with Crippen molar-refractivity contribution < 1.29 is 14.5 Å². The van der Waals surface area contributed by atoms with Crippen LogP contribution < -0.4 is 5.32 Å². The summed E-state index contributed by atoms with van der Waals surface area (Å²) in [5.41, 5.74) is 1.20. The summed E-state index contributed by atoms with van der Waals surface area (Å²) in [5.74, 6) is -1.70. The molecule has 3 heterocycles. The Labute approximate surface area is 184 Å². The number of nitrogens with one attached hydrogen (secondary N) is 1. The maximum Gasteiger partial charge on any atom is 0.269 e. The number of hydrogen-bond donors (Lipinski definition) is 1. The van der Waals surface area contributed by atoms with Crippen LogP contribution in [0, 0.1) is 16.0 Å². The van der Waals surface area contributed by atoms with Crippen LogP contribution in [0.15, 0.2) is 73.1 Å². The summed E-state index contributed by atoms with van der Waals surface area (Å²) in [6, 6.07) is 17.1. The Kier molecular flexibility index (Phi) is 4.60. The number of fused-ring (bicyclic) bond motifs is 2. The van der Waals surface area contributed by atoms with Gasteiger partial charge in [0.25, 0.3) is 5.69 Å². The first-order valence-corrected chi connectivity index (χ1v) is 10.3. The minimum absolute atomic E-state index is 0.0463. The predicted octanol–water partition coefficient (Wildman–Crippen LogP) is 3.37. The summed E-state index contributed by atoms with van der Waals surface area (Å²) in [7, 11) is 1.82. The van der Waals surface area contributed by atoms with Gasteiger partial charge in [0, 0.05) is 53.8 Å². The van der Waals surface area contributed by atoms with E-state index in [1.54, 1.807) is 30.5 Å². The molecule has 1 saturated heterocycles. The minimum atomic E-state index is -1.22. The van der Waals surface area contributed by atoms with Crippen molar-refractivity contribution in [2.24, 2.45) is 5.92 Å². The number of carbonyl (C=O) groups excluding carboxylic acids is 2. The van der Waals surface area contributed by atoms with E-state index in [0.29, 0.717) is 23.4 Å². The molecule has 3 atom stereocenters. The third-order valence-corrected chi connectivity index (χ3v) is 6.59. The summed E-state index contributed by atoms with van der Waals surface area (Å²) in [6.07, 6.45) is 3.08. The van der Waals surface area contributed by atoms with Gasteiger partial charge in [-0.15, -0.1) is 0 Å². The van der Waals surface area contributed by atoms with Crippen molar-refractivity contribution in [3.63, 3.8) is 0 Å². The van der Waals surface area contributed by atoms with Crippen molar-refractivity contribution in [1.29, 1.82) is 0 Å². The first-order chi connectivity index (χ1) is 15.4. The molecule has 32 heavy (non-hydrogen) atoms. The quantitative estimate of drug-likeness (QED) is 0.388. The van der Waals surface area contributed by atoms with E-state index in [9.17, 15) is 19.7 Å². The van der Waals surface area contributed by atoms with Gasteiger partial charge in [0.2, 0.25) is 5.91 Å². The number of pyridine rings is 1. The molecular weight excluding hydrogens is 408 g/mol. The Morgan fingerprint density at radius 3 is 2.75 bits per heavy atom. The highest BCUT2D eigenvalue weighted by Gasteiger charge is 2.64. The molecule has 8 heteroatoms. The third-order valence-electron chi connectivity index (χ3n) is 6.59. The lowest BCUT2D eigenvalue weighted by atomic mass is 9.70. The number of anilines is 1. The van der Waals surface area contributed by atoms with Crippen molar-refractivity contribution in [2.75, 3.05) is 18.9 Å². The molecule has 0 aliphatic carbocycles. The Balaban J connectivity index is 1.73. The van der Waals surface area contributed by atoms with E-state index in [2.05, 4.69) is 10.3 Å². The summed E-state index contributed by atoms with van der Waals surface area (Å²) < 4.78 is 0. The molecule has 0 saturated carbocycles. The first-order valence-electron chi connectivity index (χ1n) is 10.3. The average molecular weight is 428 g/mol. The summed E-state index contributed by atoms with van der Waals surface area (Å²) >= 11 is 0. The molecule has 2 aliphatic heterocycles. The van der Waals surface area contributed by atoms with Crippen LogP contribution in [0.3, 0.4) is 0 Å². The lowest BCUT2D eigenvalue weighted by molar-refractivity contribution is -0.384. The van der Waals surface area contributed by atoms with Crippen molar-refractivity contribution in [2.45, 2.75) is 11.5 Å². The number of Topliss-reactive ketones (excluding diaryl/α,β-unsaturated/α-hetero) is 1. The highest BCUT2D eigenvalue weighted by atomic mass is 16.6. The lowest BCUT2D eigenvalue weighted by Gasteiger charge is -2.35. The molecule has 1 N–H and O–H groups in total. The number of aromatic nitrogens is 1. The highest BCUT2D eigenvalue weighted by molar-refractivity contribution is 6.12. The van der Waals surface area contributed by atoms with Crippen LogP contribution in [0.5, 0.6) is 0 Å². The molecule has 0 radical (unpaired) electrons. The van der Waals surface area contributed by atoms with Crippen LogP contribution >= 0.6 is 0 Å². The van der Waals surface area contributed by atoms with Crippen LogP contribution in [0.25, 0.3) is 0 Å². The zero-order valence-corrected chi connectivity index (χ0v) is 17.3. The molecular formula is C24H20N4O4. The molecule has 1 amide bonds. The fraction of sp³-hybridized carbons (Fsp3) is 0.208. The zero-order chi connectivity index (χ0) is 22.5. The minimum Gasteiger partial charge on any atom is -0.324 e. The summed E-state index contributed by atoms with van der Waals surface area (Å²) in [5, 5.41) is 14.3. The van der Waals surface area contributed by atoms with Crippen LogP contribution in [-0.2, 0) is 10.3 Å². The third kappa shape index (κ3) is 2.76. The van der Waals surface area contributed by atoms with Gasteiger partial charge in [-0.3, -0.25) is 29.6 Å². The molecule has 8 nitrogen and oxygen atoms in total. The molecule has 5 rings (SSSR count). The van der Waals surface area contributed by atoms with E-state index in [0.717, 1.165) is 5.56 Å². The zero-order valence-electron chi connectivity index (χ0n) is 17.3. The van der Waals surface area contributed by atoms with Crippen LogP contribution in [0.1, 0.15) is 27.4 Å². The number of nitrogens with zero attached hydrogens (tertiary/aromatic N) is 3. The molecule has 0 unspecified atom stereocenters. The Bertz CT molecular complexity index is 1250. The van der Waals surface area contributed by atoms with Gasteiger partial charge in [0.15, 0.2) is 5.78 Å². The van der Waals surface area contributed by atoms with Gasteiger partial charge in [0.1, 0.15) is 5.54 Å². The number of rotatable bonds is 4. The number of likely N-dealkylation sites (N-methyl/N-ethyl adjacent to an activating group) is 1. The molecule has 3 aromatic rings. The van der Waals surface area contributed by atoms with E-state index >= 15 is 0 Å². The number of amides is 1. The lowest BCUT2D eigenvalue weighted by Crippen LogP contribution is -2.51. The Morgan fingerprint density at radius 2 is 2.00 bits per heavy atom. The number of carbonyl (C=O) groups is 2. The van der Waals surface area contributed by atoms with Crippen molar-refractivity contribution in [3.8, 4) is 0 Å². The van der Waals surface area contributed by atoms with Gasteiger partial charge in [-0.2, -0.15) is 0 Å². The second kappa shape index (κ2) is 7.35. The predicted molar refractivity (Wildman–Crippen MR) is 117 cm³/mol. The van der Waals surface area contributed by atoms with Crippen LogP contribution in [0.2, 0.25) is 0 Å². The summed E-state index contributed by atoms with van der Waals surface area (Å²) in [4.78, 5) is 44.4. The van der Waals surface area contributed by atoms with E-state index in [1.165, 1.54) is 18.3 Å². The Hall–Kier alpha value is -3.91. The summed E-state index contributed by atoms with van der Waals surface area (Å²) in [6.45, 7) is 0.388. The van der Waals surface area contributed by atoms with Crippen molar-refractivity contribution in [1.82, 2.24) is 9.88 Å². The monoisotopic (exact) mass is 428 g/mol. The molecule has 0 bridgehead atoms. The van der Waals surface area contributed by atoms with Crippen molar-refractivity contribution >= 4 is 23.1 Å². The highest BCUT2D eigenvalue weighted by Crippen LogP contribution is 2.55. The topological polar surface area (TPSA) is 105 Å². The smallest absolute Gasteiger partial charge is 0.269 e. The van der Waals surface area contributed by atoms with E-state index in [1.807, 2.05) is 36.2 Å². The van der Waals surface area contributed by atoms with E-state index < -0.39 is 22.3 Å². The first kappa shape index (κ1) is 20.0. The van der Waals surface area contributed by atoms with Gasteiger partial charge in [-0.05, 0) is 30.8 Å². The van der Waals surface area contributed by atoms with E-state index in [4.69, 9.17) is 0 Å². The van der Waals surface area contributed by atoms with Gasteiger partial charge in [-0.1, -0.05) is 30.3 Å². The van der Waals surface area contributed by atoms with Crippen molar-refractivity contribution in [3.05, 3.63) is 99.9 Å². The maximum atomic E-state index is 13.9. The van der Waals surface area contributed by atoms with Crippen LogP contribution in [0.4, 0.5) is 11.4 Å².